The van der Waals surface area contributed by atoms with Crippen LogP contribution in [0.25, 0.3) is 0 Å². The molecule has 0 aromatic carbocycles. The van der Waals surface area contributed by atoms with Crippen molar-refractivity contribution < 1.29 is 9.47 Å². The Labute approximate surface area is 271 Å². The van der Waals surface area contributed by atoms with E-state index in [1.54, 1.807) is 0 Å². The smallest absolute Gasteiger partial charge is 0.0717 e. The van der Waals surface area contributed by atoms with Gasteiger partial charge in [-0.1, -0.05) is 152 Å². The van der Waals surface area contributed by atoms with Gasteiger partial charge in [0, 0.05) is 36.2 Å². The largest absolute Gasteiger partial charge is 0.382 e. The number of unbranched alkanes of at least 4 members (excludes halogenated alkanes) is 6. The first-order chi connectivity index (χ1) is 19.7. The Morgan fingerprint density at radius 3 is 1.07 bits per heavy atom. The first kappa shape index (κ1) is 41.8. The van der Waals surface area contributed by atoms with Crippen molar-refractivity contribution in [2.45, 2.75) is 180 Å². The summed E-state index contributed by atoms with van der Waals surface area (Å²) in [5.41, 5.74) is 1.23. The Bertz CT molecular complexity index is 436. The van der Waals surface area contributed by atoms with Crippen molar-refractivity contribution in [2.24, 2.45) is 0 Å². The lowest BCUT2D eigenvalue weighted by molar-refractivity contribution is 0.0926. The van der Waals surface area contributed by atoms with Crippen LogP contribution in [0.2, 0.25) is 24.2 Å². The zero-order chi connectivity index (χ0) is 29.5. The van der Waals surface area contributed by atoms with E-state index in [1.165, 1.54) is 138 Å². The van der Waals surface area contributed by atoms with Gasteiger partial charge in [0.25, 0.3) is 0 Å². The second-order valence-electron chi connectivity index (χ2n) is 11.7. The molecule has 8 heteroatoms. The van der Waals surface area contributed by atoms with Gasteiger partial charge in [-0.2, -0.15) is 0 Å². The molecule has 2 atom stereocenters. The summed E-state index contributed by atoms with van der Waals surface area (Å²) in [4.78, 5) is 0. The van der Waals surface area contributed by atoms with Crippen molar-refractivity contribution in [1.82, 2.24) is 0 Å². The maximum atomic E-state index is 6.55. The van der Waals surface area contributed by atoms with Crippen LogP contribution in [0.4, 0.5) is 0 Å². The van der Waals surface area contributed by atoms with Crippen molar-refractivity contribution >= 4 is 58.8 Å². The van der Waals surface area contributed by atoms with E-state index in [0.29, 0.717) is 11.5 Å². The van der Waals surface area contributed by atoms with Gasteiger partial charge in [-0.3, -0.25) is 0 Å². The number of hydrogen-bond donors (Lipinski definition) is 0. The van der Waals surface area contributed by atoms with E-state index in [1.807, 2.05) is 19.7 Å². The monoisotopic (exact) mass is 670 g/mol. The van der Waals surface area contributed by atoms with Crippen LogP contribution in [0.5, 0.6) is 0 Å². The van der Waals surface area contributed by atoms with Gasteiger partial charge < -0.3 is 9.47 Å². The van der Waals surface area contributed by atoms with Gasteiger partial charge in [0.15, 0.2) is 0 Å². The predicted molar refractivity (Wildman–Crippen MR) is 201 cm³/mol. The number of rotatable bonds is 33. The molecule has 0 saturated carbocycles. The van der Waals surface area contributed by atoms with Gasteiger partial charge in [0.05, 0.1) is 17.6 Å². The van der Waals surface area contributed by atoms with E-state index in [9.17, 15) is 0 Å². The lowest BCUT2D eigenvalue weighted by Crippen LogP contribution is -2.34. The molecule has 0 N–H and O–H groups in total. The van der Waals surface area contributed by atoms with E-state index in [2.05, 4.69) is 63.1 Å². The first-order valence-corrected chi connectivity index (χ1v) is 27.2. The van der Waals surface area contributed by atoms with E-state index in [0.717, 1.165) is 13.2 Å². The van der Waals surface area contributed by atoms with Crippen LogP contribution >= 0.6 is 41.2 Å². The fourth-order valence-electron chi connectivity index (χ4n) is 5.36. The molecule has 0 aromatic rings. The second kappa shape index (κ2) is 33.6. The molecule has 0 saturated heterocycles. The molecule has 0 aliphatic heterocycles. The minimum atomic E-state index is -0.799. The first-order valence-electron chi connectivity index (χ1n) is 17.5. The molecule has 0 bridgehead atoms. The Morgan fingerprint density at radius 2 is 0.775 bits per heavy atom. The van der Waals surface area contributed by atoms with Gasteiger partial charge in [0.1, 0.15) is 0 Å². The molecule has 0 aliphatic rings. The summed E-state index contributed by atoms with van der Waals surface area (Å²) in [6.45, 7) is 15.9. The minimum absolute atomic E-state index is 0.617. The van der Waals surface area contributed by atoms with Crippen molar-refractivity contribution in [2.75, 3.05) is 24.7 Å². The van der Waals surface area contributed by atoms with Crippen LogP contribution in [0.15, 0.2) is 0 Å². The Morgan fingerprint density at radius 1 is 0.450 bits per heavy atom. The van der Waals surface area contributed by atoms with Crippen LogP contribution in [-0.2, 0) is 9.47 Å². The average molecular weight is 671 g/mol. The molecule has 0 aromatic heterocycles. The van der Waals surface area contributed by atoms with Crippen LogP contribution < -0.4 is 0 Å². The summed E-state index contributed by atoms with van der Waals surface area (Å²) in [6, 6.07) is 5.97. The van der Waals surface area contributed by atoms with Gasteiger partial charge in [-0.25, -0.2) is 0 Å². The third kappa shape index (κ3) is 25.1. The molecule has 40 heavy (non-hydrogen) atoms. The summed E-state index contributed by atoms with van der Waals surface area (Å²) < 4.78 is 13.1. The third-order valence-electron chi connectivity index (χ3n) is 7.98. The normalized spacial score (nSPS) is 13.5. The minimum Gasteiger partial charge on any atom is -0.382 e. The zero-order valence-electron chi connectivity index (χ0n) is 27.7. The maximum Gasteiger partial charge on any atom is 0.0717 e. The summed E-state index contributed by atoms with van der Waals surface area (Å²) in [5, 5.41) is 0. The fourth-order valence-corrected chi connectivity index (χ4v) is 19.6. The summed E-state index contributed by atoms with van der Waals surface area (Å²) in [6.07, 6.45) is 21.2. The number of hydrogen-bond acceptors (Lipinski definition) is 6. The molecule has 0 radical (unpaired) electrons. The van der Waals surface area contributed by atoms with Crippen LogP contribution in [0.3, 0.4) is 0 Å². The zero-order valence-corrected chi connectivity index (χ0v) is 33.3. The molecule has 0 spiro atoms. The molecular weight excluding hydrogens is 601 g/mol. The van der Waals surface area contributed by atoms with Gasteiger partial charge in [-0.05, 0) is 58.2 Å². The molecular formula is C32H70O2S4Si2. The van der Waals surface area contributed by atoms with Crippen molar-refractivity contribution in [3.63, 3.8) is 0 Å². The predicted octanol–water partition coefficient (Wildman–Crippen LogP) is 12.3. The molecule has 0 aliphatic carbocycles. The summed E-state index contributed by atoms with van der Waals surface area (Å²) >= 11 is 0. The lowest BCUT2D eigenvalue weighted by Gasteiger charge is -2.27. The van der Waals surface area contributed by atoms with Crippen molar-refractivity contribution in [3.05, 3.63) is 0 Å². The van der Waals surface area contributed by atoms with E-state index >= 15 is 0 Å². The highest BCUT2D eigenvalue weighted by molar-refractivity contribution is 9.26. The van der Waals surface area contributed by atoms with Crippen LogP contribution in [0, 0.1) is 0 Å². The molecule has 2 unspecified atom stereocenters. The SMILES string of the molecule is CCCCOC(CCCSSSSCCCC(OCCCC)[SiH](CCCC)CCCC)[SiH](CCCC)CCCC. The Balaban J connectivity index is 4.34. The third-order valence-corrected chi connectivity index (χ3v) is 22.4. The molecule has 0 rings (SSSR count). The Hall–Kier alpha value is 1.75. The second-order valence-corrected chi connectivity index (χ2v) is 24.8. The molecule has 0 heterocycles. The van der Waals surface area contributed by atoms with Crippen LogP contribution in [-0.4, -0.2) is 53.8 Å². The van der Waals surface area contributed by atoms with E-state index in [-0.39, 0.29) is 0 Å². The Kier molecular flexibility index (Phi) is 35.1. The highest BCUT2D eigenvalue weighted by Gasteiger charge is 2.24. The van der Waals surface area contributed by atoms with Crippen LogP contribution in [0.1, 0.15) is 144 Å². The van der Waals surface area contributed by atoms with Gasteiger partial charge in [0.2, 0.25) is 0 Å². The van der Waals surface area contributed by atoms with Gasteiger partial charge >= 0.3 is 0 Å². The van der Waals surface area contributed by atoms with Gasteiger partial charge in [-0.15, -0.1) is 0 Å². The summed E-state index contributed by atoms with van der Waals surface area (Å²) in [7, 11) is 6.57. The quantitative estimate of drug-likeness (QED) is 0.0390. The molecule has 242 valence electrons. The highest BCUT2D eigenvalue weighted by Crippen LogP contribution is 2.43. The maximum absolute atomic E-state index is 6.55. The lowest BCUT2D eigenvalue weighted by atomic mass is 10.3. The highest BCUT2D eigenvalue weighted by atomic mass is 33.7. The fraction of sp³-hybridized carbons (Fsp3) is 1.00. The summed E-state index contributed by atoms with van der Waals surface area (Å²) in [5.74, 6) is 2.54. The molecule has 0 fully saturated rings. The van der Waals surface area contributed by atoms with Crippen molar-refractivity contribution in [1.29, 1.82) is 0 Å². The average Bonchev–Trinajstić information content (AvgIpc) is 2.97. The van der Waals surface area contributed by atoms with E-state index in [4.69, 9.17) is 9.47 Å². The van der Waals surface area contributed by atoms with Crippen molar-refractivity contribution in [3.8, 4) is 0 Å². The van der Waals surface area contributed by atoms with E-state index < -0.39 is 17.6 Å². The topological polar surface area (TPSA) is 18.5 Å². The molecule has 0 amide bonds. The standard InChI is InChI=1S/C32H70O2S4Si2/c1-7-13-23-33-31(39(27-15-9-3)28-16-10-4)21-19-25-35-37-38-36-26-20-22-32(34-24-14-8-2)40(29-17-11-5)30-18-12-6/h31-32,39-40H,7-30H2,1-6H3. The number of ether oxygens (including phenoxy) is 2. The molecule has 2 nitrogen and oxygen atoms in total.